The minimum absolute atomic E-state index is 0.0747. The Labute approximate surface area is 183 Å². The lowest BCUT2D eigenvalue weighted by atomic mass is 10.2. The van der Waals surface area contributed by atoms with Crippen molar-refractivity contribution in [2.24, 2.45) is 0 Å². The highest BCUT2D eigenvalue weighted by molar-refractivity contribution is 5.75. The van der Waals surface area contributed by atoms with E-state index in [9.17, 15) is 4.79 Å². The summed E-state index contributed by atoms with van der Waals surface area (Å²) >= 11 is 0. The van der Waals surface area contributed by atoms with Gasteiger partial charge in [0, 0.05) is 63.4 Å². The van der Waals surface area contributed by atoms with Gasteiger partial charge >= 0.3 is 0 Å². The van der Waals surface area contributed by atoms with Crippen molar-refractivity contribution < 1.29 is 9.21 Å². The van der Waals surface area contributed by atoms with Gasteiger partial charge in [0.25, 0.3) is 0 Å². The monoisotopic (exact) mass is 419 g/mol. The van der Waals surface area contributed by atoms with Gasteiger partial charge in [0.15, 0.2) is 0 Å². The second kappa shape index (κ2) is 10.7. The largest absolute Gasteiger partial charge is 0.421 e. The van der Waals surface area contributed by atoms with Gasteiger partial charge in [-0.15, -0.1) is 10.2 Å². The number of aryl methyl sites for hydroxylation is 1. The maximum Gasteiger partial charge on any atom is 0.247 e. The van der Waals surface area contributed by atoms with Gasteiger partial charge < -0.3 is 14.6 Å². The lowest BCUT2D eigenvalue weighted by Crippen LogP contribution is -2.48. The average Bonchev–Trinajstić information content (AvgIpc) is 3.30. The first-order valence-electron chi connectivity index (χ1n) is 10.9. The molecule has 7 heteroatoms. The second-order valence-electron chi connectivity index (χ2n) is 7.73. The Balaban J connectivity index is 1.09. The number of rotatable bonds is 9. The fourth-order valence-corrected chi connectivity index (χ4v) is 3.76. The standard InChI is InChI=1S/C24H29N5O2/c30-22(12-7-13-23-26-27-24(31-23)20-8-3-1-4-9-20)25-14-15-28-16-18-29(19-17-28)21-10-5-2-6-11-21/h1-6,8-11H,7,12-19H2,(H,25,30). The smallest absolute Gasteiger partial charge is 0.247 e. The number of nitrogens with one attached hydrogen (secondary N) is 1. The van der Waals surface area contributed by atoms with E-state index in [1.807, 2.05) is 36.4 Å². The Bertz CT molecular complexity index is 937. The normalized spacial score (nSPS) is 14.5. The van der Waals surface area contributed by atoms with Crippen LogP contribution in [0, 0.1) is 0 Å². The van der Waals surface area contributed by atoms with Crippen molar-refractivity contribution >= 4 is 11.6 Å². The number of para-hydroxylation sites is 1. The molecule has 1 saturated heterocycles. The van der Waals surface area contributed by atoms with Gasteiger partial charge in [0.1, 0.15) is 0 Å². The first kappa shape index (κ1) is 21.1. The van der Waals surface area contributed by atoms with Crippen LogP contribution in [0.3, 0.4) is 0 Å². The van der Waals surface area contributed by atoms with Crippen molar-refractivity contribution in [1.29, 1.82) is 0 Å². The van der Waals surface area contributed by atoms with E-state index in [-0.39, 0.29) is 5.91 Å². The van der Waals surface area contributed by atoms with Crippen LogP contribution in [0.2, 0.25) is 0 Å². The molecule has 0 atom stereocenters. The molecule has 1 aliphatic heterocycles. The number of piperazine rings is 1. The van der Waals surface area contributed by atoms with Gasteiger partial charge in [-0.2, -0.15) is 0 Å². The van der Waals surface area contributed by atoms with Crippen LogP contribution in [0.1, 0.15) is 18.7 Å². The molecule has 2 aromatic carbocycles. The third-order valence-electron chi connectivity index (χ3n) is 5.53. The summed E-state index contributed by atoms with van der Waals surface area (Å²) in [6.07, 6.45) is 1.76. The molecule has 0 spiro atoms. The van der Waals surface area contributed by atoms with Crippen LogP contribution >= 0.6 is 0 Å². The second-order valence-corrected chi connectivity index (χ2v) is 7.73. The van der Waals surface area contributed by atoms with Crippen LogP contribution in [-0.4, -0.2) is 60.3 Å². The molecule has 4 rings (SSSR count). The Morgan fingerprint density at radius 1 is 0.935 bits per heavy atom. The lowest BCUT2D eigenvalue weighted by molar-refractivity contribution is -0.121. The number of carbonyl (C=O) groups is 1. The Morgan fingerprint density at radius 3 is 2.39 bits per heavy atom. The van der Waals surface area contributed by atoms with E-state index in [2.05, 4.69) is 49.6 Å². The van der Waals surface area contributed by atoms with Crippen LogP contribution in [0.15, 0.2) is 65.1 Å². The number of hydrogen-bond donors (Lipinski definition) is 1. The Kier molecular flexibility index (Phi) is 7.28. The van der Waals surface area contributed by atoms with E-state index in [1.54, 1.807) is 0 Å². The summed E-state index contributed by atoms with van der Waals surface area (Å²) in [6.45, 7) is 5.65. The summed E-state index contributed by atoms with van der Waals surface area (Å²) < 4.78 is 5.69. The van der Waals surface area contributed by atoms with Gasteiger partial charge in [-0.25, -0.2) is 0 Å². The zero-order valence-electron chi connectivity index (χ0n) is 17.7. The first-order chi connectivity index (χ1) is 15.3. The van der Waals surface area contributed by atoms with E-state index in [4.69, 9.17) is 4.42 Å². The zero-order valence-corrected chi connectivity index (χ0v) is 17.7. The molecule has 162 valence electrons. The van der Waals surface area contributed by atoms with Gasteiger partial charge in [0.2, 0.25) is 17.7 Å². The third kappa shape index (κ3) is 6.15. The highest BCUT2D eigenvalue weighted by Gasteiger charge is 2.17. The fourth-order valence-electron chi connectivity index (χ4n) is 3.76. The highest BCUT2D eigenvalue weighted by atomic mass is 16.4. The van der Waals surface area contributed by atoms with E-state index in [1.165, 1.54) is 5.69 Å². The number of benzene rings is 2. The molecule has 0 aliphatic carbocycles. The van der Waals surface area contributed by atoms with Crippen LogP contribution in [0.25, 0.3) is 11.5 Å². The molecule has 1 N–H and O–H groups in total. The number of anilines is 1. The van der Waals surface area contributed by atoms with Crippen molar-refractivity contribution in [3.63, 3.8) is 0 Å². The summed E-state index contributed by atoms with van der Waals surface area (Å²) in [5.74, 6) is 1.17. The van der Waals surface area contributed by atoms with Gasteiger partial charge in [-0.3, -0.25) is 9.69 Å². The van der Waals surface area contributed by atoms with Crippen molar-refractivity contribution in [1.82, 2.24) is 20.4 Å². The fraction of sp³-hybridized carbons (Fsp3) is 0.375. The predicted molar refractivity (Wildman–Crippen MR) is 121 cm³/mol. The van der Waals surface area contributed by atoms with Crippen molar-refractivity contribution in [3.05, 3.63) is 66.6 Å². The molecule has 1 aromatic heterocycles. The van der Waals surface area contributed by atoms with Crippen LogP contribution in [0.5, 0.6) is 0 Å². The summed E-state index contributed by atoms with van der Waals surface area (Å²) in [7, 11) is 0. The van der Waals surface area contributed by atoms with E-state index in [0.717, 1.165) is 38.3 Å². The van der Waals surface area contributed by atoms with E-state index >= 15 is 0 Å². The summed E-state index contributed by atoms with van der Waals surface area (Å²) in [6, 6.07) is 20.2. The van der Waals surface area contributed by atoms with Gasteiger partial charge in [0.05, 0.1) is 0 Å². The number of nitrogens with zero attached hydrogens (tertiary/aromatic N) is 4. The third-order valence-corrected chi connectivity index (χ3v) is 5.53. The Morgan fingerprint density at radius 2 is 1.65 bits per heavy atom. The maximum atomic E-state index is 12.1. The summed E-state index contributed by atoms with van der Waals surface area (Å²) in [5, 5.41) is 11.2. The number of hydrogen-bond acceptors (Lipinski definition) is 6. The quantitative estimate of drug-likeness (QED) is 0.575. The SMILES string of the molecule is O=C(CCCc1nnc(-c2ccccc2)o1)NCCN1CCN(c2ccccc2)CC1. The topological polar surface area (TPSA) is 74.5 Å². The lowest BCUT2D eigenvalue weighted by Gasteiger charge is -2.36. The number of amides is 1. The molecule has 0 saturated carbocycles. The molecule has 2 heterocycles. The molecule has 3 aromatic rings. The molecule has 1 aliphatic rings. The maximum absolute atomic E-state index is 12.1. The molecule has 1 fully saturated rings. The van der Waals surface area contributed by atoms with Crippen molar-refractivity contribution in [2.75, 3.05) is 44.2 Å². The molecule has 0 unspecified atom stereocenters. The molecule has 31 heavy (non-hydrogen) atoms. The van der Waals surface area contributed by atoms with Crippen molar-refractivity contribution in [3.8, 4) is 11.5 Å². The van der Waals surface area contributed by atoms with Crippen molar-refractivity contribution in [2.45, 2.75) is 19.3 Å². The molecule has 0 radical (unpaired) electrons. The predicted octanol–water partition coefficient (Wildman–Crippen LogP) is 3.00. The highest BCUT2D eigenvalue weighted by Crippen LogP contribution is 2.18. The molecule has 0 bridgehead atoms. The summed E-state index contributed by atoms with van der Waals surface area (Å²) in [4.78, 5) is 17.0. The molecular formula is C24H29N5O2. The molecule has 7 nitrogen and oxygen atoms in total. The average molecular weight is 420 g/mol. The van der Waals surface area contributed by atoms with E-state index < -0.39 is 0 Å². The van der Waals surface area contributed by atoms with Crippen LogP contribution in [-0.2, 0) is 11.2 Å². The van der Waals surface area contributed by atoms with Crippen LogP contribution < -0.4 is 10.2 Å². The first-order valence-corrected chi connectivity index (χ1v) is 10.9. The minimum atomic E-state index is 0.0747. The minimum Gasteiger partial charge on any atom is -0.421 e. The van der Waals surface area contributed by atoms with Gasteiger partial charge in [-0.1, -0.05) is 36.4 Å². The number of aromatic nitrogens is 2. The summed E-state index contributed by atoms with van der Waals surface area (Å²) in [5.41, 5.74) is 2.19. The Hall–Kier alpha value is -3.19. The number of carbonyl (C=O) groups excluding carboxylic acids is 1. The molecule has 1 amide bonds. The van der Waals surface area contributed by atoms with Gasteiger partial charge in [-0.05, 0) is 30.7 Å². The van der Waals surface area contributed by atoms with E-state index in [0.29, 0.717) is 37.6 Å². The molecular weight excluding hydrogens is 390 g/mol. The zero-order chi connectivity index (χ0) is 21.3. The van der Waals surface area contributed by atoms with Crippen LogP contribution in [0.4, 0.5) is 5.69 Å².